The quantitative estimate of drug-likeness (QED) is 0.763. The van der Waals surface area contributed by atoms with Gasteiger partial charge < -0.3 is 15.5 Å². The monoisotopic (exact) mass is 357 g/mol. The summed E-state index contributed by atoms with van der Waals surface area (Å²) in [6.45, 7) is 3.36. The molecule has 0 atom stereocenters. The van der Waals surface area contributed by atoms with Crippen LogP contribution in [0.4, 0.5) is 9.18 Å². The minimum absolute atomic E-state index is 0.0674. The number of carbonyl (C=O) groups excluding carboxylic acids is 2. The average molecular weight is 357 g/mol. The van der Waals surface area contributed by atoms with Crippen molar-refractivity contribution in [3.05, 3.63) is 71.5 Å². The molecule has 0 aromatic heterocycles. The van der Waals surface area contributed by atoms with E-state index in [4.69, 9.17) is 0 Å². The lowest BCUT2D eigenvalue weighted by atomic mass is 10.2. The Morgan fingerprint density at radius 2 is 1.65 bits per heavy atom. The maximum Gasteiger partial charge on any atom is 0.315 e. The predicted octanol–water partition coefficient (Wildman–Crippen LogP) is 3.06. The number of rotatable bonds is 8. The molecule has 0 radical (unpaired) electrons. The van der Waals surface area contributed by atoms with E-state index in [-0.39, 0.29) is 24.8 Å². The van der Waals surface area contributed by atoms with Crippen molar-refractivity contribution in [2.75, 3.05) is 13.1 Å². The van der Waals surface area contributed by atoms with Crippen LogP contribution in [0.3, 0.4) is 0 Å². The smallest absolute Gasteiger partial charge is 0.315 e. The average Bonchev–Trinajstić information content (AvgIpc) is 2.66. The molecule has 0 unspecified atom stereocenters. The van der Waals surface area contributed by atoms with Gasteiger partial charge in [0.25, 0.3) is 0 Å². The van der Waals surface area contributed by atoms with Gasteiger partial charge in [-0.2, -0.15) is 0 Å². The van der Waals surface area contributed by atoms with Crippen LogP contribution >= 0.6 is 0 Å². The maximum absolute atomic E-state index is 12.8. The lowest BCUT2D eigenvalue weighted by Crippen LogP contribution is -2.43. The zero-order chi connectivity index (χ0) is 18.8. The van der Waals surface area contributed by atoms with Crippen molar-refractivity contribution >= 4 is 11.9 Å². The topological polar surface area (TPSA) is 61.4 Å². The van der Waals surface area contributed by atoms with Crippen LogP contribution in [0.25, 0.3) is 0 Å². The van der Waals surface area contributed by atoms with Gasteiger partial charge in [0.1, 0.15) is 5.82 Å². The van der Waals surface area contributed by atoms with Gasteiger partial charge in [0.05, 0.1) is 6.54 Å². The van der Waals surface area contributed by atoms with Crippen molar-refractivity contribution in [3.8, 4) is 0 Å². The van der Waals surface area contributed by atoms with E-state index in [0.717, 1.165) is 17.5 Å². The van der Waals surface area contributed by atoms with Gasteiger partial charge in [0.15, 0.2) is 0 Å². The molecule has 0 heterocycles. The molecule has 0 aliphatic carbocycles. The Hall–Kier alpha value is -2.89. The molecule has 0 fully saturated rings. The number of nitrogens with one attached hydrogen (secondary N) is 2. The molecule has 0 aliphatic heterocycles. The molecule has 138 valence electrons. The first-order chi connectivity index (χ1) is 12.6. The number of amides is 3. The Morgan fingerprint density at radius 3 is 2.31 bits per heavy atom. The fourth-order valence-electron chi connectivity index (χ4n) is 2.48. The molecular formula is C20H24FN3O2. The predicted molar refractivity (Wildman–Crippen MR) is 98.8 cm³/mol. The van der Waals surface area contributed by atoms with E-state index in [9.17, 15) is 14.0 Å². The van der Waals surface area contributed by atoms with Crippen LogP contribution in [-0.2, 0) is 17.9 Å². The summed E-state index contributed by atoms with van der Waals surface area (Å²) in [5.74, 6) is -0.453. The number of benzene rings is 2. The summed E-state index contributed by atoms with van der Waals surface area (Å²) in [6.07, 6.45) is 0.843. The minimum Gasteiger partial charge on any atom is -0.337 e. The Bertz CT molecular complexity index is 705. The zero-order valence-electron chi connectivity index (χ0n) is 14.9. The summed E-state index contributed by atoms with van der Waals surface area (Å²) in [6, 6.07) is 15.2. The third-order valence-corrected chi connectivity index (χ3v) is 3.83. The van der Waals surface area contributed by atoms with Gasteiger partial charge in [-0.25, -0.2) is 9.18 Å². The summed E-state index contributed by atoms with van der Waals surface area (Å²) < 4.78 is 12.8. The van der Waals surface area contributed by atoms with Crippen molar-refractivity contribution in [3.63, 3.8) is 0 Å². The van der Waals surface area contributed by atoms with E-state index >= 15 is 0 Å². The molecule has 0 saturated carbocycles. The van der Waals surface area contributed by atoms with E-state index < -0.39 is 6.03 Å². The maximum atomic E-state index is 12.8. The number of urea groups is 1. The molecule has 3 amide bonds. The summed E-state index contributed by atoms with van der Waals surface area (Å²) in [5.41, 5.74) is 1.83. The van der Waals surface area contributed by atoms with Gasteiger partial charge in [-0.1, -0.05) is 49.4 Å². The second kappa shape index (κ2) is 10.2. The Kier molecular flexibility index (Phi) is 7.61. The molecule has 2 N–H and O–H groups in total. The van der Waals surface area contributed by atoms with Gasteiger partial charge in [0, 0.05) is 19.6 Å². The molecule has 0 bridgehead atoms. The Labute approximate surface area is 153 Å². The molecule has 2 rings (SSSR count). The first-order valence-electron chi connectivity index (χ1n) is 8.66. The molecule has 0 saturated heterocycles. The van der Waals surface area contributed by atoms with Crippen LogP contribution in [0, 0.1) is 5.82 Å². The number of halogens is 1. The lowest BCUT2D eigenvalue weighted by Gasteiger charge is -2.22. The van der Waals surface area contributed by atoms with Crippen LogP contribution in [-0.4, -0.2) is 29.9 Å². The van der Waals surface area contributed by atoms with Crippen molar-refractivity contribution in [1.82, 2.24) is 15.5 Å². The van der Waals surface area contributed by atoms with Crippen LogP contribution < -0.4 is 10.6 Å². The number of carbonyl (C=O) groups is 2. The first-order valence-corrected chi connectivity index (χ1v) is 8.66. The number of hydrogen-bond donors (Lipinski definition) is 2. The number of hydrogen-bond acceptors (Lipinski definition) is 2. The van der Waals surface area contributed by atoms with Crippen LogP contribution in [0.5, 0.6) is 0 Å². The molecule has 2 aromatic rings. The molecule has 26 heavy (non-hydrogen) atoms. The summed E-state index contributed by atoms with van der Waals surface area (Å²) in [5, 5.41) is 5.22. The van der Waals surface area contributed by atoms with Crippen LogP contribution in [0.1, 0.15) is 24.5 Å². The van der Waals surface area contributed by atoms with Gasteiger partial charge in [-0.3, -0.25) is 4.79 Å². The lowest BCUT2D eigenvalue weighted by molar-refractivity contribution is -0.130. The summed E-state index contributed by atoms with van der Waals surface area (Å²) >= 11 is 0. The second-order valence-corrected chi connectivity index (χ2v) is 5.96. The van der Waals surface area contributed by atoms with Crippen LogP contribution in [0.2, 0.25) is 0 Å². The molecule has 6 heteroatoms. The SMILES string of the molecule is CCCN(Cc1ccccc1)C(=O)CNC(=O)NCc1ccc(F)cc1. The zero-order valence-corrected chi connectivity index (χ0v) is 14.9. The molecular weight excluding hydrogens is 333 g/mol. The summed E-state index contributed by atoms with van der Waals surface area (Å²) in [4.78, 5) is 26.0. The highest BCUT2D eigenvalue weighted by atomic mass is 19.1. The van der Waals surface area contributed by atoms with Gasteiger partial charge in [-0.05, 0) is 29.7 Å². The van der Waals surface area contributed by atoms with Crippen molar-refractivity contribution in [2.24, 2.45) is 0 Å². The van der Waals surface area contributed by atoms with E-state index in [1.165, 1.54) is 12.1 Å². The van der Waals surface area contributed by atoms with Crippen LogP contribution in [0.15, 0.2) is 54.6 Å². The molecule has 0 aliphatic rings. The fraction of sp³-hybridized carbons (Fsp3) is 0.300. The Balaban J connectivity index is 1.78. The molecule has 2 aromatic carbocycles. The standard InChI is InChI=1S/C20H24FN3O2/c1-2-12-24(15-17-6-4-3-5-7-17)19(25)14-23-20(26)22-13-16-8-10-18(21)11-9-16/h3-11H,2,12-15H2,1H3,(H2,22,23,26). The highest BCUT2D eigenvalue weighted by Gasteiger charge is 2.14. The van der Waals surface area contributed by atoms with Crippen molar-refractivity contribution in [2.45, 2.75) is 26.4 Å². The van der Waals surface area contributed by atoms with E-state index in [2.05, 4.69) is 10.6 Å². The highest BCUT2D eigenvalue weighted by molar-refractivity contribution is 5.84. The normalized spacial score (nSPS) is 10.2. The first kappa shape index (κ1) is 19.4. The highest BCUT2D eigenvalue weighted by Crippen LogP contribution is 2.05. The van der Waals surface area contributed by atoms with E-state index in [0.29, 0.717) is 13.1 Å². The Morgan fingerprint density at radius 1 is 0.962 bits per heavy atom. The third-order valence-electron chi connectivity index (χ3n) is 3.83. The third kappa shape index (κ3) is 6.55. The van der Waals surface area contributed by atoms with Crippen molar-refractivity contribution in [1.29, 1.82) is 0 Å². The van der Waals surface area contributed by atoms with Gasteiger partial charge >= 0.3 is 6.03 Å². The molecule has 0 spiro atoms. The largest absolute Gasteiger partial charge is 0.337 e. The molecule has 5 nitrogen and oxygen atoms in total. The minimum atomic E-state index is -0.432. The van der Waals surface area contributed by atoms with E-state index in [1.807, 2.05) is 37.3 Å². The van der Waals surface area contributed by atoms with Gasteiger partial charge in [0.2, 0.25) is 5.91 Å². The summed E-state index contributed by atoms with van der Waals surface area (Å²) in [7, 11) is 0. The van der Waals surface area contributed by atoms with Crippen molar-refractivity contribution < 1.29 is 14.0 Å². The number of nitrogens with zero attached hydrogens (tertiary/aromatic N) is 1. The fourth-order valence-corrected chi connectivity index (χ4v) is 2.48. The van der Waals surface area contributed by atoms with E-state index in [1.54, 1.807) is 17.0 Å². The van der Waals surface area contributed by atoms with Gasteiger partial charge in [-0.15, -0.1) is 0 Å². The second-order valence-electron chi connectivity index (χ2n) is 5.96.